The molecule has 23 heavy (non-hydrogen) atoms. The summed E-state index contributed by atoms with van der Waals surface area (Å²) in [5.41, 5.74) is 1.82. The molecule has 0 N–H and O–H groups in total. The monoisotopic (exact) mass is 317 g/mol. The van der Waals surface area contributed by atoms with Gasteiger partial charge in [0, 0.05) is 0 Å². The van der Waals surface area contributed by atoms with E-state index in [1.807, 2.05) is 24.3 Å². The van der Waals surface area contributed by atoms with Gasteiger partial charge in [0.05, 0.1) is 5.56 Å². The van der Waals surface area contributed by atoms with Crippen LogP contribution in [0.4, 0.5) is 0 Å². The Balaban J connectivity index is 1.73. The van der Waals surface area contributed by atoms with Crippen molar-refractivity contribution >= 4 is 5.97 Å². The van der Waals surface area contributed by atoms with Crippen LogP contribution in [0.2, 0.25) is 0 Å². The van der Waals surface area contributed by atoms with Crippen LogP contribution < -0.4 is 0 Å². The van der Waals surface area contributed by atoms with Crippen LogP contribution in [0.1, 0.15) is 81.1 Å². The van der Waals surface area contributed by atoms with Gasteiger partial charge in [-0.25, -0.2) is 4.79 Å². The van der Waals surface area contributed by atoms with E-state index in [0.29, 0.717) is 11.5 Å². The minimum absolute atomic E-state index is 0.409. The highest BCUT2D eigenvalue weighted by Gasteiger charge is 2.23. The number of hydrogen-bond acceptors (Lipinski definition) is 3. The summed E-state index contributed by atoms with van der Waals surface area (Å²) in [4.78, 5) is 22.3. The zero-order valence-corrected chi connectivity index (χ0v) is 14.5. The van der Waals surface area contributed by atoms with E-state index in [2.05, 4.69) is 13.8 Å². The van der Waals surface area contributed by atoms with E-state index < -0.39 is 5.97 Å². The van der Waals surface area contributed by atoms with Crippen molar-refractivity contribution in [1.82, 2.24) is 0 Å². The Morgan fingerprint density at radius 1 is 1.17 bits per heavy atom. The Bertz CT molecular complexity index is 466. The van der Waals surface area contributed by atoms with Crippen LogP contribution in [-0.2, 0) is 16.2 Å². The first-order chi connectivity index (χ1) is 11.2. The molecule has 1 saturated carbocycles. The van der Waals surface area contributed by atoms with E-state index in [4.69, 9.17) is 9.78 Å². The normalized spacial score (nSPS) is 18.8. The molecule has 0 aliphatic heterocycles. The van der Waals surface area contributed by atoms with Crippen LogP contribution in [0.15, 0.2) is 24.3 Å². The molecule has 0 bridgehead atoms. The van der Waals surface area contributed by atoms with E-state index >= 15 is 0 Å². The summed E-state index contributed by atoms with van der Waals surface area (Å²) in [6.45, 7) is 4.41. The fourth-order valence-electron chi connectivity index (χ4n) is 3.02. The summed E-state index contributed by atoms with van der Waals surface area (Å²) in [5.74, 6) is 0.206. The fourth-order valence-corrected chi connectivity index (χ4v) is 3.02. The summed E-state index contributed by atoms with van der Waals surface area (Å²) >= 11 is 0. The third-order valence-electron chi connectivity index (χ3n) is 4.47. The second kappa shape index (κ2) is 9.71. The molecule has 1 aliphatic rings. The molecule has 1 radical (unpaired) electrons. The Morgan fingerprint density at radius 3 is 2.65 bits per heavy atom. The van der Waals surface area contributed by atoms with Crippen molar-refractivity contribution in [1.29, 1.82) is 0 Å². The predicted molar refractivity (Wildman–Crippen MR) is 91.7 cm³/mol. The summed E-state index contributed by atoms with van der Waals surface area (Å²) in [6, 6.07) is 7.68. The smallest absolute Gasteiger partial charge is 0.292 e. The number of aryl methyl sites for hydroxylation is 1. The van der Waals surface area contributed by atoms with Crippen LogP contribution in [0, 0.1) is 12.0 Å². The van der Waals surface area contributed by atoms with Crippen molar-refractivity contribution in [2.75, 3.05) is 0 Å². The zero-order chi connectivity index (χ0) is 16.5. The molecule has 127 valence electrons. The molecule has 1 aromatic rings. The van der Waals surface area contributed by atoms with Crippen molar-refractivity contribution in [3.8, 4) is 0 Å². The molecule has 0 aromatic heterocycles. The van der Waals surface area contributed by atoms with Gasteiger partial charge in [-0.15, -0.1) is 0 Å². The van der Waals surface area contributed by atoms with Crippen LogP contribution >= 0.6 is 0 Å². The molecule has 1 fully saturated rings. The third-order valence-corrected chi connectivity index (χ3v) is 4.47. The quantitative estimate of drug-likeness (QED) is 0.353. The lowest BCUT2D eigenvalue weighted by molar-refractivity contribution is -0.241. The van der Waals surface area contributed by atoms with Crippen LogP contribution in [0.5, 0.6) is 0 Å². The molecule has 1 aliphatic carbocycles. The number of rotatable bonds is 8. The summed E-state index contributed by atoms with van der Waals surface area (Å²) in [5, 5.41) is 0. The molecule has 0 spiro atoms. The first-order valence-electron chi connectivity index (χ1n) is 9.01. The highest BCUT2D eigenvalue weighted by atomic mass is 17.2. The molecule has 3 heteroatoms. The fraction of sp³-hybridized carbons (Fsp3) is 0.600. The topological polar surface area (TPSA) is 35.5 Å². The Labute approximate surface area is 140 Å². The standard InChI is InChI=1S/C20H29O3/c1-3-4-5-6-9-17-11-13-18(14-12-17)20(21)23-22-19-10-7-8-16(2)15-19/h11-14,16H,3-10,15H2,1-2H3. The molecule has 1 atom stereocenters. The molecular formula is C20H29O3. The average Bonchev–Trinajstić information content (AvgIpc) is 2.57. The highest BCUT2D eigenvalue weighted by molar-refractivity contribution is 5.88. The maximum Gasteiger partial charge on any atom is 0.373 e. The van der Waals surface area contributed by atoms with Crippen molar-refractivity contribution in [2.45, 2.75) is 71.6 Å². The average molecular weight is 317 g/mol. The lowest BCUT2D eigenvalue weighted by atomic mass is 9.89. The van der Waals surface area contributed by atoms with Crippen LogP contribution in [-0.4, -0.2) is 5.97 Å². The van der Waals surface area contributed by atoms with Gasteiger partial charge in [0.1, 0.15) is 6.10 Å². The second-order valence-corrected chi connectivity index (χ2v) is 6.70. The predicted octanol–water partition coefficient (Wildman–Crippen LogP) is 5.64. The van der Waals surface area contributed by atoms with Gasteiger partial charge in [-0.05, 0) is 49.3 Å². The van der Waals surface area contributed by atoms with Gasteiger partial charge < -0.3 is 0 Å². The van der Waals surface area contributed by atoms with E-state index in [1.54, 1.807) is 0 Å². The zero-order valence-electron chi connectivity index (χ0n) is 14.5. The molecule has 0 saturated heterocycles. The van der Waals surface area contributed by atoms with Crippen LogP contribution in [0.3, 0.4) is 0 Å². The largest absolute Gasteiger partial charge is 0.373 e. The van der Waals surface area contributed by atoms with E-state index in [-0.39, 0.29) is 0 Å². The van der Waals surface area contributed by atoms with Crippen molar-refractivity contribution in [3.05, 3.63) is 41.5 Å². The minimum Gasteiger partial charge on any atom is -0.292 e. The second-order valence-electron chi connectivity index (χ2n) is 6.70. The van der Waals surface area contributed by atoms with Gasteiger partial charge in [0.2, 0.25) is 0 Å². The minimum atomic E-state index is -0.409. The van der Waals surface area contributed by atoms with E-state index in [0.717, 1.165) is 31.8 Å². The molecule has 0 amide bonds. The highest BCUT2D eigenvalue weighted by Crippen LogP contribution is 2.31. The van der Waals surface area contributed by atoms with Crippen LogP contribution in [0.25, 0.3) is 0 Å². The Hall–Kier alpha value is -1.35. The van der Waals surface area contributed by atoms with Crippen molar-refractivity contribution in [3.63, 3.8) is 0 Å². The number of carbonyl (C=O) groups is 1. The van der Waals surface area contributed by atoms with Gasteiger partial charge >= 0.3 is 5.97 Å². The van der Waals surface area contributed by atoms with Crippen molar-refractivity contribution < 1.29 is 14.6 Å². The first kappa shape index (κ1) is 18.0. The maximum atomic E-state index is 12.0. The van der Waals surface area contributed by atoms with Gasteiger partial charge in [-0.3, -0.25) is 4.89 Å². The van der Waals surface area contributed by atoms with Crippen molar-refractivity contribution in [2.24, 2.45) is 5.92 Å². The first-order valence-corrected chi connectivity index (χ1v) is 9.01. The molecule has 2 rings (SSSR count). The lowest BCUT2D eigenvalue weighted by Crippen LogP contribution is -2.16. The molecule has 3 nitrogen and oxygen atoms in total. The third kappa shape index (κ3) is 6.34. The molecular weight excluding hydrogens is 288 g/mol. The Morgan fingerprint density at radius 2 is 1.96 bits per heavy atom. The van der Waals surface area contributed by atoms with Gasteiger partial charge in [-0.2, -0.15) is 4.89 Å². The number of benzene rings is 1. The van der Waals surface area contributed by atoms with E-state index in [9.17, 15) is 4.79 Å². The van der Waals surface area contributed by atoms with Gasteiger partial charge in [-0.1, -0.05) is 58.1 Å². The summed E-state index contributed by atoms with van der Waals surface area (Å²) in [7, 11) is 0. The molecule has 1 unspecified atom stereocenters. The maximum absolute atomic E-state index is 12.0. The molecule has 1 aromatic carbocycles. The van der Waals surface area contributed by atoms with E-state index in [1.165, 1.54) is 37.7 Å². The summed E-state index contributed by atoms with van der Waals surface area (Å²) < 4.78 is 0. The lowest BCUT2D eigenvalue weighted by Gasteiger charge is -2.23. The number of unbranched alkanes of at least 4 members (excludes halogenated alkanes) is 3. The number of hydrogen-bond donors (Lipinski definition) is 0. The summed E-state index contributed by atoms with van der Waals surface area (Å²) in [6.07, 6.45) is 11.1. The van der Waals surface area contributed by atoms with Gasteiger partial charge in [0.15, 0.2) is 0 Å². The Kier molecular flexibility index (Phi) is 7.60. The molecule has 0 heterocycles. The SMILES string of the molecule is CCCCCCc1ccc(C(=O)OO[C]2CCCC(C)C2)cc1. The van der Waals surface area contributed by atoms with Gasteiger partial charge in [0.25, 0.3) is 0 Å². The number of carbonyl (C=O) groups excluding carboxylic acids is 1.